The van der Waals surface area contributed by atoms with Crippen LogP contribution in [0, 0.1) is 0 Å². The fraction of sp³-hybridized carbons (Fsp3) is 0.452. The van der Waals surface area contributed by atoms with Gasteiger partial charge in [-0.3, -0.25) is 4.99 Å². The van der Waals surface area contributed by atoms with Gasteiger partial charge < -0.3 is 81.8 Å². The Hall–Kier alpha value is -4.58. The van der Waals surface area contributed by atoms with E-state index in [1.807, 2.05) is 0 Å². The third-order valence-corrected chi connectivity index (χ3v) is 10.9. The van der Waals surface area contributed by atoms with Crippen LogP contribution in [0.25, 0.3) is 5.32 Å². The Kier molecular flexibility index (Phi) is 17.4. The van der Waals surface area contributed by atoms with Crippen LogP contribution in [0.4, 0.5) is 17.8 Å². The van der Waals surface area contributed by atoms with Crippen LogP contribution in [0.5, 0.6) is 23.0 Å². The molecule has 1 aromatic heterocycles. The summed E-state index contributed by atoms with van der Waals surface area (Å²) in [7, 11) is 0. The fourth-order valence-corrected chi connectivity index (χ4v) is 7.85. The Morgan fingerprint density at radius 2 is 1.11 bits per heavy atom. The minimum absolute atomic E-state index is 0. The number of esters is 1. The topological polar surface area (TPSA) is 249 Å². The Morgan fingerprint density at radius 3 is 1.60 bits per heavy atom. The molecule has 324 valence electrons. The van der Waals surface area contributed by atoms with Crippen molar-refractivity contribution in [1.82, 2.24) is 46.9 Å². The monoisotopic (exact) mass is 961 g/mol. The van der Waals surface area contributed by atoms with Crippen LogP contribution < -0.4 is 61.8 Å². The molecule has 63 heavy (non-hydrogen) atoms. The number of hydrogen-bond donors (Lipinski definition) is 6. The second-order valence-corrected chi connectivity index (χ2v) is 15.0. The number of carbonyl (C=O) groups is 1. The summed E-state index contributed by atoms with van der Waals surface area (Å²) in [5.74, 6) is -0.132. The molecule has 4 aliphatic heterocycles. The maximum Gasteiger partial charge on any atom is 2.00 e. The molecule has 6 N–H and O–H groups in total. The summed E-state index contributed by atoms with van der Waals surface area (Å²) in [5, 5.41) is 63.6. The summed E-state index contributed by atoms with van der Waals surface area (Å²) in [4.78, 5) is 36.8. The number of aromatic nitrogens is 3. The van der Waals surface area contributed by atoms with Gasteiger partial charge in [0, 0.05) is 140 Å². The number of carbonyl (C=O) groups excluding carboxylic acids is 1. The molecule has 0 unspecified atom stereocenters. The number of benzene rings is 3. The maximum atomic E-state index is 13.6. The van der Waals surface area contributed by atoms with Crippen LogP contribution >= 0.6 is 0 Å². The molecule has 2 saturated heterocycles. The zero-order chi connectivity index (χ0) is 42.0. The molecule has 21 heteroatoms. The number of hydrogen-bond acceptors (Lipinski definition) is 18. The number of nitrogens with zero attached hydrogens (tertiary/aromatic N) is 7. The van der Waals surface area contributed by atoms with E-state index in [1.54, 1.807) is 24.3 Å². The van der Waals surface area contributed by atoms with E-state index in [0.717, 1.165) is 78.5 Å². The van der Waals surface area contributed by atoms with Crippen LogP contribution in [-0.4, -0.2) is 145 Å². The fourth-order valence-electron chi connectivity index (χ4n) is 7.85. The summed E-state index contributed by atoms with van der Waals surface area (Å²) in [6, 6.07) is 13.1. The molecule has 0 bridgehead atoms. The molecule has 4 aromatic rings. The van der Waals surface area contributed by atoms with E-state index in [9.17, 15) is 20.1 Å². The van der Waals surface area contributed by atoms with Gasteiger partial charge in [-0.05, 0) is 29.7 Å². The van der Waals surface area contributed by atoms with Crippen LogP contribution in [0.15, 0.2) is 59.6 Å². The number of aliphatic imine (C=N–C) groups is 1. The third-order valence-electron chi connectivity index (χ3n) is 10.9. The van der Waals surface area contributed by atoms with E-state index in [1.165, 1.54) is 30.3 Å². The molecule has 0 atom stereocenters. The summed E-state index contributed by atoms with van der Waals surface area (Å²) in [5.41, 5.74) is 0.192. The number of rotatable bonds is 7. The van der Waals surface area contributed by atoms with E-state index in [2.05, 4.69) is 46.7 Å². The smallest absolute Gasteiger partial charge is 0.872 e. The molecular formula is C42H51N13O6Zn2. The van der Waals surface area contributed by atoms with Gasteiger partial charge in [0.2, 0.25) is 0 Å². The van der Waals surface area contributed by atoms with Crippen molar-refractivity contribution in [3.63, 3.8) is 0 Å². The van der Waals surface area contributed by atoms with Gasteiger partial charge in [0.15, 0.2) is 17.5 Å². The summed E-state index contributed by atoms with van der Waals surface area (Å²) in [6.07, 6.45) is 0. The molecule has 0 amide bonds. The van der Waals surface area contributed by atoms with Gasteiger partial charge in [-0.25, -0.2) is 9.78 Å². The molecule has 4 aliphatic rings. The number of fused-ring (bicyclic) bond motifs is 6. The largest absolute Gasteiger partial charge is 2.00 e. The zero-order valence-corrected chi connectivity index (χ0v) is 41.4. The first-order valence-electron chi connectivity index (χ1n) is 21.0. The predicted molar refractivity (Wildman–Crippen MR) is 224 cm³/mol. The molecule has 19 nitrogen and oxygen atoms in total. The van der Waals surface area contributed by atoms with E-state index < -0.39 is 17.5 Å². The van der Waals surface area contributed by atoms with Gasteiger partial charge in [0.25, 0.3) is 0 Å². The van der Waals surface area contributed by atoms with Crippen LogP contribution in [-0.2, 0) is 49.3 Å². The first-order chi connectivity index (χ1) is 29.9. The standard InChI is InChI=1S/C42H54N13O6.2Zn/c56-29-2-5-33-35(26-29)60-36-27-30(57)3-6-34(36)42(33)32-4-1-28(25-31(32)38(59)61-42)37(58)49-15-16-50-39-51-40(54-21-17-45-11-7-43-8-12-46-18-22-54)53-41(52-39)55-23-19-47-13-9-44-10-14-48-20-24-55;;/h1-6,25-27,43-48H,7-24H2,(H3-,49,50,51,52,53,56,57,58);;/q-1;2*+2/p-3. The SMILES string of the molecule is O=C1OC2(c3ccc([O-])cc3Oc3cc([O-])ccc32)c2ccc(C([O-])=NCC[N-]c3nc(N4CCNCCNCCNCC4)nc(N4CCNCCNCCNCC4)n3)cc21.[Zn+2].[Zn+2]. The van der Waals surface area contributed by atoms with Gasteiger partial charge in [-0.15, -0.1) is 11.5 Å². The Bertz CT molecular complexity index is 2080. The van der Waals surface area contributed by atoms with Gasteiger partial charge >= 0.3 is 44.9 Å². The van der Waals surface area contributed by atoms with E-state index in [4.69, 9.17) is 29.7 Å². The van der Waals surface area contributed by atoms with Crippen LogP contribution in [0.3, 0.4) is 0 Å². The van der Waals surface area contributed by atoms with Crippen molar-refractivity contribution in [3.8, 4) is 23.0 Å². The van der Waals surface area contributed by atoms with E-state index in [-0.39, 0.29) is 92.1 Å². The first-order valence-corrected chi connectivity index (χ1v) is 21.0. The summed E-state index contributed by atoms with van der Waals surface area (Å²) >= 11 is 0. The molecular weight excluding hydrogens is 913 g/mol. The van der Waals surface area contributed by atoms with Crippen molar-refractivity contribution in [2.24, 2.45) is 4.99 Å². The Morgan fingerprint density at radius 1 is 0.651 bits per heavy atom. The second kappa shape index (κ2) is 22.9. The van der Waals surface area contributed by atoms with Crippen LogP contribution in [0.2, 0.25) is 0 Å². The molecule has 0 saturated carbocycles. The van der Waals surface area contributed by atoms with Crippen molar-refractivity contribution >= 4 is 29.7 Å². The minimum Gasteiger partial charge on any atom is -0.872 e. The Balaban J connectivity index is 0.00000330. The molecule has 8 rings (SSSR count). The van der Waals surface area contributed by atoms with Crippen molar-refractivity contribution in [3.05, 3.63) is 87.7 Å². The van der Waals surface area contributed by atoms with Crippen LogP contribution in [0.1, 0.15) is 32.6 Å². The normalized spacial score (nSPS) is 18.5. The molecule has 0 aliphatic carbocycles. The van der Waals surface area contributed by atoms with Gasteiger partial charge in [0.05, 0.1) is 5.56 Å². The van der Waals surface area contributed by atoms with E-state index >= 15 is 0 Å². The van der Waals surface area contributed by atoms with Crippen molar-refractivity contribution in [1.29, 1.82) is 0 Å². The number of ether oxygens (including phenoxy) is 2. The quantitative estimate of drug-likeness (QED) is 0.0409. The predicted octanol–water partition coefficient (Wildman–Crippen LogP) is -1.43. The van der Waals surface area contributed by atoms with Crippen molar-refractivity contribution in [2.75, 3.05) is 128 Å². The molecule has 1 spiro atoms. The van der Waals surface area contributed by atoms with Gasteiger partial charge in [-0.2, -0.15) is 0 Å². The molecule has 5 heterocycles. The molecule has 2 fully saturated rings. The van der Waals surface area contributed by atoms with Crippen molar-refractivity contribution < 1.29 is 68.5 Å². The van der Waals surface area contributed by atoms with Gasteiger partial charge in [-0.1, -0.05) is 36.4 Å². The number of nitrogens with one attached hydrogen (secondary N) is 6. The zero-order valence-electron chi connectivity index (χ0n) is 35.4. The third kappa shape index (κ3) is 11.4. The van der Waals surface area contributed by atoms with Crippen molar-refractivity contribution in [2.45, 2.75) is 5.60 Å². The van der Waals surface area contributed by atoms with Gasteiger partial charge in [0.1, 0.15) is 11.5 Å². The Labute approximate surface area is 392 Å². The second-order valence-electron chi connectivity index (χ2n) is 15.0. The average molecular weight is 965 g/mol. The molecule has 3 aromatic carbocycles. The first kappa shape index (κ1) is 47.9. The molecule has 0 radical (unpaired) electrons. The minimum atomic E-state index is -1.49. The van der Waals surface area contributed by atoms with E-state index in [0.29, 0.717) is 54.8 Å². The average Bonchev–Trinajstić information content (AvgIpc) is 3.53. The maximum absolute atomic E-state index is 13.6. The number of anilines is 2. The summed E-state index contributed by atoms with van der Waals surface area (Å²) in [6.45, 7) is 12.9. The summed E-state index contributed by atoms with van der Waals surface area (Å²) < 4.78 is 12.1.